The summed E-state index contributed by atoms with van der Waals surface area (Å²) in [7, 11) is 0. The fraction of sp³-hybridized carbons (Fsp3) is 0.692. The van der Waals surface area contributed by atoms with Crippen LogP contribution in [0, 0.1) is 28.6 Å². The van der Waals surface area contributed by atoms with E-state index in [0.29, 0.717) is 19.3 Å². The smallest absolute Gasteiger partial charge is 0.458 e. The Morgan fingerprint density at radius 3 is 2.71 bits per heavy atom. The van der Waals surface area contributed by atoms with Crippen molar-refractivity contribution in [2.45, 2.75) is 71.4 Å². The Balaban J connectivity index is 1.69. The average molecular weight is 478 g/mol. The molecule has 4 rings (SSSR count). The Hall–Kier alpha value is -2.48. The van der Waals surface area contributed by atoms with Gasteiger partial charge in [0, 0.05) is 27.7 Å². The molecule has 0 aromatic rings. The van der Waals surface area contributed by atoms with E-state index in [-0.39, 0.29) is 43.0 Å². The standard InChI is InChI=1S/C26H34O8/c1-5-32-23(31)34-26(21(30)14-33-15(2)27)11-9-19-18-7-6-16-12-17(28)8-10-24(16,3)22(18)20(29)13-25(19,26)4/h8,10,12,18-20,22,29H,5-7,9,11,13-14H2,1-4H3/t18-,19-,20-,22+,24-,25-,26-/m0/s1/i2D3. The first-order valence-corrected chi connectivity index (χ1v) is 11.9. The van der Waals surface area contributed by atoms with Crippen molar-refractivity contribution in [1.29, 1.82) is 0 Å². The number of aliphatic hydroxyl groups excluding tert-OH is 1. The van der Waals surface area contributed by atoms with Gasteiger partial charge in [-0.2, -0.15) is 0 Å². The second-order valence-electron chi connectivity index (χ2n) is 10.4. The Labute approximate surface area is 203 Å². The maximum atomic E-state index is 13.7. The molecule has 0 bridgehead atoms. The second kappa shape index (κ2) is 8.63. The van der Waals surface area contributed by atoms with Crippen LogP contribution in [0.4, 0.5) is 4.79 Å². The van der Waals surface area contributed by atoms with Gasteiger partial charge in [-0.1, -0.05) is 25.5 Å². The fourth-order valence-corrected chi connectivity index (χ4v) is 7.53. The topological polar surface area (TPSA) is 116 Å². The molecule has 4 aliphatic rings. The van der Waals surface area contributed by atoms with Gasteiger partial charge < -0.3 is 19.3 Å². The molecule has 0 radical (unpaired) electrons. The lowest BCUT2D eigenvalue weighted by molar-refractivity contribution is -0.185. The summed E-state index contributed by atoms with van der Waals surface area (Å²) in [4.78, 5) is 50.1. The number of allylic oxidation sites excluding steroid dienone is 4. The van der Waals surface area contributed by atoms with Gasteiger partial charge in [0.1, 0.15) is 0 Å². The highest BCUT2D eigenvalue weighted by molar-refractivity contribution is 6.01. The van der Waals surface area contributed by atoms with E-state index in [9.17, 15) is 24.3 Å². The maximum Gasteiger partial charge on any atom is 0.509 e. The highest BCUT2D eigenvalue weighted by Gasteiger charge is 2.70. The minimum Gasteiger partial charge on any atom is -0.458 e. The van der Waals surface area contributed by atoms with Crippen molar-refractivity contribution < 1.29 is 42.6 Å². The molecule has 3 saturated carbocycles. The molecule has 0 unspecified atom stereocenters. The molecule has 3 fully saturated rings. The van der Waals surface area contributed by atoms with Gasteiger partial charge in [-0.15, -0.1) is 0 Å². The van der Waals surface area contributed by atoms with Crippen LogP contribution in [0.1, 0.15) is 63.8 Å². The summed E-state index contributed by atoms with van der Waals surface area (Å²) in [5.41, 5.74) is -2.30. The van der Waals surface area contributed by atoms with E-state index in [1.807, 2.05) is 13.0 Å². The van der Waals surface area contributed by atoms with Crippen molar-refractivity contribution in [2.75, 3.05) is 13.2 Å². The van der Waals surface area contributed by atoms with E-state index in [1.165, 1.54) is 6.08 Å². The van der Waals surface area contributed by atoms with Gasteiger partial charge in [0.15, 0.2) is 18.0 Å². The second-order valence-corrected chi connectivity index (χ2v) is 10.4. The lowest BCUT2D eigenvalue weighted by Gasteiger charge is -2.59. The number of hydrogen-bond donors (Lipinski definition) is 1. The zero-order valence-electron chi connectivity index (χ0n) is 22.8. The zero-order chi connectivity index (χ0) is 27.4. The van der Waals surface area contributed by atoms with Gasteiger partial charge in [0.2, 0.25) is 5.78 Å². The predicted molar refractivity (Wildman–Crippen MR) is 120 cm³/mol. The normalized spacial score (nSPS) is 42.1. The number of hydrogen-bond acceptors (Lipinski definition) is 8. The number of rotatable bonds is 5. The van der Waals surface area contributed by atoms with Crippen molar-refractivity contribution in [3.63, 3.8) is 0 Å². The molecule has 0 aliphatic heterocycles. The summed E-state index contributed by atoms with van der Waals surface area (Å²) in [5, 5.41) is 11.6. The molecular formula is C26H34O8. The number of aliphatic hydroxyl groups is 1. The van der Waals surface area contributed by atoms with E-state index < -0.39 is 53.9 Å². The molecule has 0 spiro atoms. The van der Waals surface area contributed by atoms with E-state index in [1.54, 1.807) is 19.9 Å². The van der Waals surface area contributed by atoms with Crippen LogP contribution in [0.3, 0.4) is 0 Å². The van der Waals surface area contributed by atoms with Crippen LogP contribution in [0.2, 0.25) is 0 Å². The molecule has 0 amide bonds. The van der Waals surface area contributed by atoms with E-state index >= 15 is 0 Å². The Bertz CT molecular complexity index is 1060. The largest absolute Gasteiger partial charge is 0.509 e. The number of carbonyl (C=O) groups excluding carboxylic acids is 4. The molecule has 8 nitrogen and oxygen atoms in total. The average Bonchev–Trinajstić information content (AvgIpc) is 3.09. The third-order valence-electron chi connectivity index (χ3n) is 8.92. The number of ketones is 2. The molecule has 8 heteroatoms. The van der Waals surface area contributed by atoms with Crippen molar-refractivity contribution >= 4 is 23.7 Å². The molecule has 7 atom stereocenters. The van der Waals surface area contributed by atoms with Gasteiger partial charge in [-0.05, 0) is 63.0 Å². The van der Waals surface area contributed by atoms with Crippen molar-refractivity contribution in [3.05, 3.63) is 23.8 Å². The summed E-state index contributed by atoms with van der Waals surface area (Å²) >= 11 is 0. The molecule has 186 valence electrons. The Morgan fingerprint density at radius 1 is 1.24 bits per heavy atom. The Morgan fingerprint density at radius 2 is 2.00 bits per heavy atom. The van der Waals surface area contributed by atoms with Crippen LogP contribution in [-0.4, -0.2) is 53.7 Å². The molecule has 0 aromatic carbocycles. The molecule has 1 N–H and O–H groups in total. The van der Waals surface area contributed by atoms with Crippen LogP contribution in [0.25, 0.3) is 0 Å². The number of carbonyl (C=O) groups is 4. The zero-order valence-corrected chi connectivity index (χ0v) is 19.8. The highest BCUT2D eigenvalue weighted by atomic mass is 16.7. The molecule has 0 saturated heterocycles. The molecular weight excluding hydrogens is 440 g/mol. The van der Waals surface area contributed by atoms with Gasteiger partial charge in [-0.3, -0.25) is 14.4 Å². The quantitative estimate of drug-likeness (QED) is 0.600. The highest BCUT2D eigenvalue weighted by Crippen LogP contribution is 2.67. The minimum absolute atomic E-state index is 0.0170. The van der Waals surface area contributed by atoms with Gasteiger partial charge in [0.25, 0.3) is 0 Å². The first-order chi connectivity index (χ1) is 17.2. The number of ether oxygens (including phenoxy) is 3. The first-order valence-electron chi connectivity index (χ1n) is 13.4. The molecule has 0 aromatic heterocycles. The number of esters is 1. The molecule has 4 aliphatic carbocycles. The number of Topliss-reactive ketones (excluding diaryl/α,β-unsaturated/α-hetero) is 1. The van der Waals surface area contributed by atoms with Gasteiger partial charge >= 0.3 is 12.1 Å². The monoisotopic (exact) mass is 477 g/mol. The first kappa shape index (κ1) is 20.9. The van der Waals surface area contributed by atoms with Gasteiger partial charge in [0.05, 0.1) is 12.7 Å². The van der Waals surface area contributed by atoms with Crippen molar-refractivity contribution in [3.8, 4) is 0 Å². The van der Waals surface area contributed by atoms with Crippen LogP contribution < -0.4 is 0 Å². The Kier molecular flexibility index (Phi) is 5.29. The van der Waals surface area contributed by atoms with Crippen molar-refractivity contribution in [1.82, 2.24) is 0 Å². The van der Waals surface area contributed by atoms with Crippen molar-refractivity contribution in [2.24, 2.45) is 28.6 Å². The van der Waals surface area contributed by atoms with E-state index in [0.717, 1.165) is 5.57 Å². The summed E-state index contributed by atoms with van der Waals surface area (Å²) < 4.78 is 37.2. The number of fused-ring (bicyclic) bond motifs is 5. The van der Waals surface area contributed by atoms with E-state index in [4.69, 9.17) is 18.3 Å². The van der Waals surface area contributed by atoms with Crippen LogP contribution in [0.15, 0.2) is 23.8 Å². The van der Waals surface area contributed by atoms with Crippen LogP contribution in [-0.2, 0) is 28.6 Å². The van der Waals surface area contributed by atoms with E-state index in [2.05, 4.69) is 0 Å². The maximum absolute atomic E-state index is 13.7. The predicted octanol–water partition coefficient (Wildman–Crippen LogP) is 3.31. The third kappa shape index (κ3) is 3.61. The molecule has 0 heterocycles. The third-order valence-corrected chi connectivity index (χ3v) is 8.92. The SMILES string of the molecule is [2H]C([2H])([2H])C(=O)OCC(=O)[C@@]1(OC(=O)OCC)CC[C@H]2[C@@H]3CCC4=CC(=O)C=C[C@]4(C)[C@H]3[C@@H](O)C[C@@]21C. The van der Waals surface area contributed by atoms with Crippen LogP contribution in [0.5, 0.6) is 0 Å². The lowest BCUT2D eigenvalue weighted by Crippen LogP contribution is -2.63. The molecule has 34 heavy (non-hydrogen) atoms. The summed E-state index contributed by atoms with van der Waals surface area (Å²) in [5.74, 6) is -2.67. The summed E-state index contributed by atoms with van der Waals surface area (Å²) in [6.45, 7) is 1.53. The fourth-order valence-electron chi connectivity index (χ4n) is 7.53. The van der Waals surface area contributed by atoms with Gasteiger partial charge in [-0.25, -0.2) is 4.79 Å². The minimum atomic E-state index is -3.04. The summed E-state index contributed by atoms with van der Waals surface area (Å²) in [6.07, 6.45) is 5.28. The summed E-state index contributed by atoms with van der Waals surface area (Å²) in [6, 6.07) is 0. The lowest BCUT2D eigenvalue weighted by atomic mass is 9.46. The van der Waals surface area contributed by atoms with Crippen LogP contribution >= 0.6 is 0 Å².